The zero-order valence-corrected chi connectivity index (χ0v) is 18.4. The molecule has 0 amide bonds. The van der Waals surface area contributed by atoms with E-state index in [4.69, 9.17) is 16.3 Å². The van der Waals surface area contributed by atoms with Gasteiger partial charge < -0.3 is 19.5 Å². The summed E-state index contributed by atoms with van der Waals surface area (Å²) in [5, 5.41) is 4.71. The molecule has 162 valence electrons. The summed E-state index contributed by atoms with van der Waals surface area (Å²) < 4.78 is 7.57. The van der Waals surface area contributed by atoms with Crippen LogP contribution in [0, 0.1) is 0 Å². The van der Waals surface area contributed by atoms with Crippen molar-refractivity contribution >= 4 is 40.0 Å². The minimum absolute atomic E-state index is 0.106. The molecular weight excluding hydrogens is 414 g/mol. The second-order valence-corrected chi connectivity index (χ2v) is 8.76. The van der Waals surface area contributed by atoms with Gasteiger partial charge >= 0.3 is 0 Å². The molecule has 1 N–H and O–H groups in total. The molecule has 1 saturated carbocycles. The van der Waals surface area contributed by atoms with Gasteiger partial charge in [0.2, 0.25) is 5.95 Å². The van der Waals surface area contributed by atoms with Gasteiger partial charge in [-0.25, -0.2) is 4.98 Å². The number of hydrogen-bond acceptors (Lipinski definition) is 6. The first kappa shape index (κ1) is 20.1. The molecule has 0 spiro atoms. The van der Waals surface area contributed by atoms with Gasteiger partial charge in [0.05, 0.1) is 17.8 Å². The lowest BCUT2D eigenvalue weighted by Crippen LogP contribution is -2.31. The Kier molecular flexibility index (Phi) is 5.44. The van der Waals surface area contributed by atoms with Crippen molar-refractivity contribution in [3.63, 3.8) is 0 Å². The van der Waals surface area contributed by atoms with Gasteiger partial charge in [0.25, 0.3) is 5.56 Å². The van der Waals surface area contributed by atoms with Crippen LogP contribution in [0.2, 0.25) is 5.02 Å². The topological polar surface area (TPSA) is 72.3 Å². The van der Waals surface area contributed by atoms with Gasteiger partial charge in [0, 0.05) is 31.2 Å². The lowest BCUT2D eigenvalue weighted by molar-refractivity contribution is 0.118. The van der Waals surface area contributed by atoms with Crippen molar-refractivity contribution in [3.8, 4) is 5.75 Å². The number of aromatic nitrogens is 3. The molecule has 0 radical (unpaired) electrons. The van der Waals surface area contributed by atoms with E-state index in [1.165, 1.54) is 6.42 Å². The van der Waals surface area contributed by atoms with Gasteiger partial charge in [-0.2, -0.15) is 4.98 Å². The second-order valence-electron chi connectivity index (χ2n) is 8.36. The molecule has 8 heteroatoms. The third-order valence-corrected chi connectivity index (χ3v) is 6.45. The molecule has 1 aliphatic heterocycles. The molecule has 0 atom stereocenters. The smallest absolute Gasteiger partial charge is 0.293 e. The van der Waals surface area contributed by atoms with Crippen LogP contribution in [0.25, 0.3) is 10.9 Å². The number of anilines is 3. The molecule has 1 aliphatic carbocycles. The Bertz CT molecular complexity index is 1170. The molecule has 0 bridgehead atoms. The Hall–Kier alpha value is -2.80. The number of nitrogens with zero attached hydrogens (tertiary/aromatic N) is 4. The Morgan fingerprint density at radius 1 is 1.13 bits per heavy atom. The van der Waals surface area contributed by atoms with E-state index in [1.54, 1.807) is 17.8 Å². The molecule has 2 aliphatic rings. The van der Waals surface area contributed by atoms with Gasteiger partial charge in [-0.3, -0.25) is 4.79 Å². The SMILES string of the molecule is Cn1c(=O)c(OC2CCC2)cc2cc(Nc3nc(N4CCCCC4)ncc3Cl)ccc21. The van der Waals surface area contributed by atoms with Gasteiger partial charge in [0.15, 0.2) is 11.6 Å². The number of fused-ring (bicyclic) bond motifs is 1. The number of pyridine rings is 1. The van der Waals surface area contributed by atoms with E-state index in [2.05, 4.69) is 20.2 Å². The maximum absolute atomic E-state index is 12.6. The Morgan fingerprint density at radius 2 is 1.94 bits per heavy atom. The van der Waals surface area contributed by atoms with Crippen LogP contribution in [0.1, 0.15) is 38.5 Å². The summed E-state index contributed by atoms with van der Waals surface area (Å²) in [5.74, 6) is 1.68. The third-order valence-electron chi connectivity index (χ3n) is 6.17. The molecule has 3 heterocycles. The van der Waals surface area contributed by atoms with Crippen LogP contribution in [-0.2, 0) is 7.05 Å². The van der Waals surface area contributed by atoms with Crippen LogP contribution in [0.5, 0.6) is 5.75 Å². The first-order valence-electron chi connectivity index (χ1n) is 10.9. The molecular formula is C23H26ClN5O2. The second kappa shape index (κ2) is 8.38. The van der Waals surface area contributed by atoms with Crippen LogP contribution >= 0.6 is 11.6 Å². The zero-order valence-electron chi connectivity index (χ0n) is 17.6. The maximum Gasteiger partial charge on any atom is 0.293 e. The number of rotatable bonds is 5. The van der Waals surface area contributed by atoms with E-state index in [-0.39, 0.29) is 11.7 Å². The molecule has 5 rings (SSSR count). The van der Waals surface area contributed by atoms with Crippen LogP contribution in [-0.4, -0.2) is 33.7 Å². The zero-order chi connectivity index (χ0) is 21.4. The number of piperidine rings is 1. The number of ether oxygens (including phenoxy) is 1. The summed E-state index contributed by atoms with van der Waals surface area (Å²) >= 11 is 6.38. The van der Waals surface area contributed by atoms with Crippen molar-refractivity contribution in [2.75, 3.05) is 23.3 Å². The highest BCUT2D eigenvalue weighted by atomic mass is 35.5. The van der Waals surface area contributed by atoms with E-state index in [0.717, 1.165) is 61.8 Å². The van der Waals surface area contributed by atoms with E-state index in [1.807, 2.05) is 24.3 Å². The first-order valence-corrected chi connectivity index (χ1v) is 11.3. The van der Waals surface area contributed by atoms with E-state index in [0.29, 0.717) is 22.5 Å². The van der Waals surface area contributed by atoms with E-state index < -0.39 is 0 Å². The van der Waals surface area contributed by atoms with Crippen LogP contribution < -0.4 is 20.5 Å². The fourth-order valence-electron chi connectivity index (χ4n) is 4.11. The molecule has 0 unspecified atom stereocenters. The van der Waals surface area contributed by atoms with Gasteiger partial charge in [0.1, 0.15) is 5.02 Å². The molecule has 31 heavy (non-hydrogen) atoms. The van der Waals surface area contributed by atoms with Crippen molar-refractivity contribution in [2.24, 2.45) is 7.05 Å². The van der Waals surface area contributed by atoms with Crippen molar-refractivity contribution in [3.05, 3.63) is 45.8 Å². The fraction of sp³-hybridized carbons (Fsp3) is 0.435. The van der Waals surface area contributed by atoms with Gasteiger partial charge in [-0.1, -0.05) is 11.6 Å². The van der Waals surface area contributed by atoms with Crippen molar-refractivity contribution in [1.82, 2.24) is 14.5 Å². The maximum atomic E-state index is 12.6. The number of nitrogens with one attached hydrogen (secondary N) is 1. The minimum Gasteiger partial charge on any atom is -0.485 e. The Morgan fingerprint density at radius 3 is 2.68 bits per heavy atom. The summed E-state index contributed by atoms with van der Waals surface area (Å²) in [6.45, 7) is 1.93. The highest BCUT2D eigenvalue weighted by Gasteiger charge is 2.21. The molecule has 2 fully saturated rings. The summed E-state index contributed by atoms with van der Waals surface area (Å²) in [6, 6.07) is 7.67. The number of aryl methyl sites for hydroxylation is 1. The average molecular weight is 440 g/mol. The van der Waals surface area contributed by atoms with Crippen LogP contribution in [0.15, 0.2) is 35.3 Å². The molecule has 3 aromatic rings. The van der Waals surface area contributed by atoms with Crippen molar-refractivity contribution < 1.29 is 4.74 Å². The summed E-state index contributed by atoms with van der Waals surface area (Å²) in [4.78, 5) is 23.9. The van der Waals surface area contributed by atoms with Gasteiger partial charge in [-0.15, -0.1) is 0 Å². The number of halogens is 1. The van der Waals surface area contributed by atoms with Gasteiger partial charge in [-0.05, 0) is 62.8 Å². The minimum atomic E-state index is -0.106. The highest BCUT2D eigenvalue weighted by molar-refractivity contribution is 6.32. The average Bonchev–Trinajstić information content (AvgIpc) is 2.76. The standard InChI is InChI=1S/C23H26ClN5O2/c1-28-19-9-8-16(12-15(19)13-20(22(28)30)31-17-6-5-7-17)26-21-18(24)14-25-23(27-21)29-10-3-2-4-11-29/h8-9,12-14,17H,2-7,10-11H2,1H3,(H,25,26,27). The highest BCUT2D eigenvalue weighted by Crippen LogP contribution is 2.29. The van der Waals surface area contributed by atoms with Crippen LogP contribution in [0.3, 0.4) is 0 Å². The lowest BCUT2D eigenvalue weighted by Gasteiger charge is -2.27. The normalized spacial score (nSPS) is 16.9. The number of benzene rings is 1. The van der Waals surface area contributed by atoms with Crippen molar-refractivity contribution in [1.29, 1.82) is 0 Å². The number of hydrogen-bond donors (Lipinski definition) is 1. The quantitative estimate of drug-likeness (QED) is 0.624. The summed E-state index contributed by atoms with van der Waals surface area (Å²) in [6.07, 6.45) is 8.54. The predicted octanol–water partition coefficient (Wildman–Crippen LogP) is 4.65. The third kappa shape index (κ3) is 4.06. The lowest BCUT2D eigenvalue weighted by atomic mass is 9.96. The Balaban J connectivity index is 1.45. The predicted molar refractivity (Wildman–Crippen MR) is 124 cm³/mol. The Labute approximate surface area is 186 Å². The monoisotopic (exact) mass is 439 g/mol. The molecule has 2 aromatic heterocycles. The fourth-order valence-corrected chi connectivity index (χ4v) is 4.25. The molecule has 7 nitrogen and oxygen atoms in total. The largest absolute Gasteiger partial charge is 0.485 e. The first-order chi connectivity index (χ1) is 15.1. The van der Waals surface area contributed by atoms with E-state index >= 15 is 0 Å². The van der Waals surface area contributed by atoms with Crippen molar-refractivity contribution in [2.45, 2.75) is 44.6 Å². The molecule has 1 saturated heterocycles. The molecule has 1 aromatic carbocycles. The summed E-state index contributed by atoms with van der Waals surface area (Å²) in [5.41, 5.74) is 1.58. The summed E-state index contributed by atoms with van der Waals surface area (Å²) in [7, 11) is 1.78. The van der Waals surface area contributed by atoms with E-state index in [9.17, 15) is 4.79 Å². The van der Waals surface area contributed by atoms with Crippen LogP contribution in [0.4, 0.5) is 17.5 Å².